The van der Waals surface area contributed by atoms with Crippen LogP contribution in [0.2, 0.25) is 0 Å². The van der Waals surface area contributed by atoms with E-state index in [9.17, 15) is 9.59 Å². The molecule has 1 aromatic heterocycles. The van der Waals surface area contributed by atoms with Crippen molar-refractivity contribution in [3.8, 4) is 11.8 Å². The Morgan fingerprint density at radius 3 is 2.68 bits per heavy atom. The van der Waals surface area contributed by atoms with Crippen molar-refractivity contribution in [2.45, 2.75) is 19.6 Å². The van der Waals surface area contributed by atoms with E-state index in [2.05, 4.69) is 16.4 Å². The summed E-state index contributed by atoms with van der Waals surface area (Å²) in [7, 11) is 0. The van der Waals surface area contributed by atoms with Crippen molar-refractivity contribution >= 4 is 22.7 Å². The zero-order chi connectivity index (χ0) is 23.8. The highest BCUT2D eigenvalue weighted by Gasteiger charge is 2.09. The van der Waals surface area contributed by atoms with Gasteiger partial charge >= 0.3 is 6.09 Å². The van der Waals surface area contributed by atoms with Gasteiger partial charge < -0.3 is 9.47 Å². The number of para-hydroxylation sites is 1. The molecule has 1 N–H and O–H groups in total. The molecule has 4 rings (SSSR count). The summed E-state index contributed by atoms with van der Waals surface area (Å²) in [5.41, 5.74) is 2.10. The molecule has 8 nitrogen and oxygen atoms in total. The van der Waals surface area contributed by atoms with Crippen LogP contribution in [-0.2, 0) is 17.9 Å². The summed E-state index contributed by atoms with van der Waals surface area (Å²) in [5, 5.41) is 12.2. The molecule has 4 aromatic rings. The molecule has 0 saturated heterocycles. The molecule has 8 heteroatoms. The number of benzene rings is 3. The quantitative estimate of drug-likeness (QED) is 0.393. The van der Waals surface area contributed by atoms with Gasteiger partial charge in [-0.2, -0.15) is 5.26 Å². The van der Waals surface area contributed by atoms with Crippen molar-refractivity contribution in [1.82, 2.24) is 9.55 Å². The Labute approximate surface area is 196 Å². The third-order valence-corrected chi connectivity index (χ3v) is 5.09. The molecule has 1 heterocycles. The number of nitriles is 1. The highest BCUT2D eigenvalue weighted by atomic mass is 16.5. The van der Waals surface area contributed by atoms with Crippen LogP contribution in [-0.4, -0.2) is 22.3 Å². The van der Waals surface area contributed by atoms with E-state index in [0.717, 1.165) is 5.56 Å². The minimum Gasteiger partial charge on any atom is -0.492 e. The molecule has 0 saturated carbocycles. The SMILES string of the molecule is N#Cc1ccccc1OCCCn1cnc2ccc(NC(=O)OCc3ccccc3)cc2c1=O. The number of nitrogens with zero attached hydrogens (tertiary/aromatic N) is 3. The number of aromatic nitrogens is 2. The second-order valence-corrected chi connectivity index (χ2v) is 7.47. The average Bonchev–Trinajstić information content (AvgIpc) is 2.87. The first-order chi connectivity index (χ1) is 16.6. The van der Waals surface area contributed by atoms with Crippen molar-refractivity contribution in [2.75, 3.05) is 11.9 Å². The van der Waals surface area contributed by atoms with Crippen LogP contribution in [0.1, 0.15) is 17.5 Å². The molecule has 0 radical (unpaired) electrons. The minimum absolute atomic E-state index is 0.148. The molecule has 0 aliphatic carbocycles. The summed E-state index contributed by atoms with van der Waals surface area (Å²) in [6.45, 7) is 0.890. The van der Waals surface area contributed by atoms with E-state index in [0.29, 0.717) is 47.5 Å². The van der Waals surface area contributed by atoms with Gasteiger partial charge in [-0.25, -0.2) is 9.78 Å². The molecule has 0 fully saturated rings. The largest absolute Gasteiger partial charge is 0.492 e. The van der Waals surface area contributed by atoms with Crippen LogP contribution in [0.25, 0.3) is 10.9 Å². The van der Waals surface area contributed by atoms with Gasteiger partial charge in [0.15, 0.2) is 0 Å². The first-order valence-electron chi connectivity index (χ1n) is 10.7. The number of amides is 1. The summed E-state index contributed by atoms with van der Waals surface area (Å²) in [5.74, 6) is 0.517. The lowest BCUT2D eigenvalue weighted by Crippen LogP contribution is -2.22. The summed E-state index contributed by atoms with van der Waals surface area (Å²) in [4.78, 5) is 29.4. The van der Waals surface area contributed by atoms with Gasteiger partial charge in [-0.05, 0) is 42.3 Å². The lowest BCUT2D eigenvalue weighted by Gasteiger charge is -2.10. The van der Waals surface area contributed by atoms with Gasteiger partial charge in [0.2, 0.25) is 0 Å². The predicted molar refractivity (Wildman–Crippen MR) is 128 cm³/mol. The molecule has 1 amide bonds. The lowest BCUT2D eigenvalue weighted by atomic mass is 10.2. The highest BCUT2D eigenvalue weighted by molar-refractivity contribution is 5.89. The lowest BCUT2D eigenvalue weighted by molar-refractivity contribution is 0.155. The Kier molecular flexibility index (Phi) is 7.16. The molecule has 3 aromatic carbocycles. The Morgan fingerprint density at radius 1 is 1.06 bits per heavy atom. The maximum atomic E-state index is 12.9. The summed E-state index contributed by atoms with van der Waals surface area (Å²) < 4.78 is 12.4. The van der Waals surface area contributed by atoms with Gasteiger partial charge in [-0.1, -0.05) is 42.5 Å². The van der Waals surface area contributed by atoms with E-state index in [-0.39, 0.29) is 12.2 Å². The number of fused-ring (bicyclic) bond motifs is 1. The summed E-state index contributed by atoms with van der Waals surface area (Å²) in [6.07, 6.45) is 1.44. The summed E-state index contributed by atoms with van der Waals surface area (Å²) in [6, 6.07) is 23.4. The number of hydrogen-bond acceptors (Lipinski definition) is 6. The maximum Gasteiger partial charge on any atom is 0.411 e. The molecular weight excluding hydrogens is 432 g/mol. The van der Waals surface area contributed by atoms with Crippen LogP contribution in [0.4, 0.5) is 10.5 Å². The smallest absolute Gasteiger partial charge is 0.411 e. The Bertz CT molecular complexity index is 1390. The zero-order valence-corrected chi connectivity index (χ0v) is 18.3. The third-order valence-electron chi connectivity index (χ3n) is 5.09. The second-order valence-electron chi connectivity index (χ2n) is 7.47. The molecule has 0 bridgehead atoms. The number of anilines is 1. The van der Waals surface area contributed by atoms with Crippen LogP contribution < -0.4 is 15.6 Å². The van der Waals surface area contributed by atoms with Crippen molar-refractivity contribution in [1.29, 1.82) is 5.26 Å². The van der Waals surface area contributed by atoms with Gasteiger partial charge in [0, 0.05) is 12.2 Å². The molecule has 0 aliphatic rings. The average molecular weight is 454 g/mol. The first-order valence-corrected chi connectivity index (χ1v) is 10.7. The topological polar surface area (TPSA) is 106 Å². The van der Waals surface area contributed by atoms with Gasteiger partial charge in [0.05, 0.1) is 29.4 Å². The van der Waals surface area contributed by atoms with E-state index in [1.165, 1.54) is 10.9 Å². The number of carbonyl (C=O) groups excluding carboxylic acids is 1. The molecule has 0 unspecified atom stereocenters. The van der Waals surface area contributed by atoms with E-state index >= 15 is 0 Å². The maximum absolute atomic E-state index is 12.9. The molecule has 170 valence electrons. The van der Waals surface area contributed by atoms with Crippen LogP contribution in [0.15, 0.2) is 83.9 Å². The number of nitrogens with one attached hydrogen (secondary N) is 1. The van der Waals surface area contributed by atoms with E-state index in [4.69, 9.17) is 14.7 Å². The molecule has 0 spiro atoms. The molecule has 34 heavy (non-hydrogen) atoms. The Hall–Kier alpha value is -4.64. The van der Waals surface area contributed by atoms with Crippen molar-refractivity contribution in [2.24, 2.45) is 0 Å². The molecular formula is C26H22N4O4. The van der Waals surface area contributed by atoms with Gasteiger partial charge in [-0.15, -0.1) is 0 Å². The highest BCUT2D eigenvalue weighted by Crippen LogP contribution is 2.17. The monoisotopic (exact) mass is 454 g/mol. The van der Waals surface area contributed by atoms with Gasteiger partial charge in [-0.3, -0.25) is 14.7 Å². The van der Waals surface area contributed by atoms with Crippen LogP contribution in [0.5, 0.6) is 5.75 Å². The van der Waals surface area contributed by atoms with Gasteiger partial charge in [0.25, 0.3) is 5.56 Å². The number of rotatable bonds is 8. The fourth-order valence-corrected chi connectivity index (χ4v) is 3.37. The van der Waals surface area contributed by atoms with Crippen molar-refractivity contribution in [3.05, 3.63) is 101 Å². The molecule has 0 aliphatic heterocycles. The second kappa shape index (κ2) is 10.8. The third kappa shape index (κ3) is 5.58. The molecule has 0 atom stereocenters. The van der Waals surface area contributed by atoms with Crippen LogP contribution >= 0.6 is 0 Å². The van der Waals surface area contributed by atoms with E-state index in [1.54, 1.807) is 42.5 Å². The number of aryl methyl sites for hydroxylation is 1. The van der Waals surface area contributed by atoms with Crippen LogP contribution in [0, 0.1) is 11.3 Å². The Balaban J connectivity index is 1.37. The Morgan fingerprint density at radius 2 is 1.85 bits per heavy atom. The van der Waals surface area contributed by atoms with Crippen LogP contribution in [0.3, 0.4) is 0 Å². The fourth-order valence-electron chi connectivity index (χ4n) is 3.37. The van der Waals surface area contributed by atoms with E-state index < -0.39 is 6.09 Å². The summed E-state index contributed by atoms with van der Waals surface area (Å²) >= 11 is 0. The fraction of sp³-hybridized carbons (Fsp3) is 0.154. The minimum atomic E-state index is -0.609. The van der Waals surface area contributed by atoms with Gasteiger partial charge in [0.1, 0.15) is 18.4 Å². The standard InChI is InChI=1S/C26H22N4O4/c27-16-20-9-4-5-10-24(20)33-14-6-13-30-18-28-23-12-11-21(15-22(23)25(30)31)29-26(32)34-17-19-7-2-1-3-8-19/h1-5,7-12,15,18H,6,13-14,17H2,(H,29,32). The number of hydrogen-bond donors (Lipinski definition) is 1. The van der Waals surface area contributed by atoms with E-state index in [1.807, 2.05) is 30.3 Å². The predicted octanol–water partition coefficient (Wildman–Crippen LogP) is 4.49. The number of carbonyl (C=O) groups is 1. The number of ether oxygens (including phenoxy) is 2. The van der Waals surface area contributed by atoms with Crippen molar-refractivity contribution in [3.63, 3.8) is 0 Å². The zero-order valence-electron chi connectivity index (χ0n) is 18.3. The first kappa shape index (κ1) is 22.6. The normalized spacial score (nSPS) is 10.4. The van der Waals surface area contributed by atoms with Crippen molar-refractivity contribution < 1.29 is 14.3 Å².